The topological polar surface area (TPSA) is 85.4 Å². The van der Waals surface area contributed by atoms with Crippen LogP contribution >= 0.6 is 0 Å². The molecule has 21 heavy (non-hydrogen) atoms. The summed E-state index contributed by atoms with van der Waals surface area (Å²) in [4.78, 5) is 14.6. The van der Waals surface area contributed by atoms with E-state index in [-0.39, 0.29) is 16.3 Å². The van der Waals surface area contributed by atoms with Gasteiger partial charge in [0.1, 0.15) is 5.82 Å². The number of sulfonamides is 1. The largest absolute Gasteiger partial charge is 0.465 e. The maximum Gasteiger partial charge on any atom is 0.337 e. The van der Waals surface area contributed by atoms with Crippen molar-refractivity contribution in [3.05, 3.63) is 54.0 Å². The van der Waals surface area contributed by atoms with Crippen LogP contribution in [0.3, 0.4) is 0 Å². The molecule has 0 aliphatic carbocycles. The summed E-state index contributed by atoms with van der Waals surface area (Å²) in [5, 5.41) is 0. The normalized spacial score (nSPS) is 11.0. The van der Waals surface area contributed by atoms with Gasteiger partial charge in [0.15, 0.2) is 0 Å². The summed E-state index contributed by atoms with van der Waals surface area (Å²) in [5.74, 6) is -1.50. The predicted molar refractivity (Wildman–Crippen MR) is 72.8 cm³/mol. The van der Waals surface area contributed by atoms with E-state index in [0.717, 1.165) is 6.07 Å². The van der Waals surface area contributed by atoms with E-state index in [1.165, 1.54) is 43.5 Å². The number of benzene rings is 1. The molecule has 2 rings (SSSR count). The third-order valence-electron chi connectivity index (χ3n) is 2.54. The number of anilines is 1. The lowest BCUT2D eigenvalue weighted by molar-refractivity contribution is 0.0600. The summed E-state index contributed by atoms with van der Waals surface area (Å²) >= 11 is 0. The van der Waals surface area contributed by atoms with E-state index in [0.29, 0.717) is 0 Å². The molecular weight excluding hydrogens is 299 g/mol. The Morgan fingerprint density at radius 3 is 2.43 bits per heavy atom. The number of aromatic nitrogens is 1. The zero-order valence-corrected chi connectivity index (χ0v) is 11.7. The highest BCUT2D eigenvalue weighted by Crippen LogP contribution is 2.15. The van der Waals surface area contributed by atoms with Gasteiger partial charge in [0.25, 0.3) is 10.0 Å². The lowest BCUT2D eigenvalue weighted by Crippen LogP contribution is -2.14. The van der Waals surface area contributed by atoms with E-state index in [4.69, 9.17) is 0 Å². The summed E-state index contributed by atoms with van der Waals surface area (Å²) in [7, 11) is -2.68. The fraction of sp³-hybridized carbons (Fsp3) is 0.0769. The zero-order chi connectivity index (χ0) is 15.5. The molecule has 1 heterocycles. The fourth-order valence-corrected chi connectivity index (χ4v) is 2.55. The van der Waals surface area contributed by atoms with Crippen LogP contribution in [-0.4, -0.2) is 26.5 Å². The van der Waals surface area contributed by atoms with Gasteiger partial charge in [-0.15, -0.1) is 0 Å². The average Bonchev–Trinajstić information content (AvgIpc) is 2.46. The smallest absolute Gasteiger partial charge is 0.337 e. The van der Waals surface area contributed by atoms with Crippen molar-refractivity contribution in [2.45, 2.75) is 4.90 Å². The number of halogens is 1. The Kier molecular flexibility index (Phi) is 4.18. The molecule has 0 spiro atoms. The van der Waals surface area contributed by atoms with Crippen molar-refractivity contribution in [3.63, 3.8) is 0 Å². The first kappa shape index (κ1) is 14.9. The van der Waals surface area contributed by atoms with Crippen molar-refractivity contribution >= 4 is 21.8 Å². The van der Waals surface area contributed by atoms with Crippen molar-refractivity contribution in [2.24, 2.45) is 0 Å². The second kappa shape index (κ2) is 5.88. The van der Waals surface area contributed by atoms with Gasteiger partial charge in [0, 0.05) is 0 Å². The molecule has 1 aromatic heterocycles. The molecule has 8 heteroatoms. The lowest BCUT2D eigenvalue weighted by Gasteiger charge is -2.07. The highest BCUT2D eigenvalue weighted by Gasteiger charge is 2.16. The van der Waals surface area contributed by atoms with Crippen molar-refractivity contribution in [1.82, 2.24) is 4.98 Å². The molecule has 2 aromatic rings. The number of pyridine rings is 1. The number of hydrogen-bond donors (Lipinski definition) is 1. The number of ether oxygens (including phenoxy) is 1. The van der Waals surface area contributed by atoms with Gasteiger partial charge in [-0.2, -0.15) is 4.39 Å². The molecule has 0 atom stereocenters. The first-order valence-corrected chi connectivity index (χ1v) is 7.24. The Morgan fingerprint density at radius 2 is 1.86 bits per heavy atom. The van der Waals surface area contributed by atoms with Crippen LogP contribution in [0.15, 0.2) is 47.4 Å². The highest BCUT2D eigenvalue weighted by atomic mass is 32.2. The third-order valence-corrected chi connectivity index (χ3v) is 3.91. The number of methoxy groups -OCH3 is 1. The summed E-state index contributed by atoms with van der Waals surface area (Å²) in [6, 6.07) is 8.88. The second-order valence-electron chi connectivity index (χ2n) is 3.97. The Morgan fingerprint density at radius 1 is 1.19 bits per heavy atom. The zero-order valence-electron chi connectivity index (χ0n) is 10.9. The number of carbonyl (C=O) groups excluding carboxylic acids is 1. The summed E-state index contributed by atoms with van der Waals surface area (Å²) < 4.78 is 43.7. The number of nitrogens with one attached hydrogen (secondary N) is 1. The van der Waals surface area contributed by atoms with E-state index in [1.807, 2.05) is 0 Å². The van der Waals surface area contributed by atoms with E-state index >= 15 is 0 Å². The lowest BCUT2D eigenvalue weighted by atomic mass is 10.2. The molecule has 110 valence electrons. The molecule has 0 aliphatic heterocycles. The molecule has 0 amide bonds. The fourth-order valence-electron chi connectivity index (χ4n) is 1.55. The van der Waals surface area contributed by atoms with Gasteiger partial charge in [-0.05, 0) is 36.4 Å². The molecule has 1 N–H and O–H groups in total. The second-order valence-corrected chi connectivity index (χ2v) is 5.65. The van der Waals surface area contributed by atoms with E-state index in [2.05, 4.69) is 14.4 Å². The van der Waals surface area contributed by atoms with Gasteiger partial charge in [0.05, 0.1) is 17.6 Å². The summed E-state index contributed by atoms with van der Waals surface area (Å²) in [5.41, 5.74) is 0.223. The van der Waals surface area contributed by atoms with E-state index < -0.39 is 21.9 Å². The Labute approximate surface area is 120 Å². The molecule has 0 saturated heterocycles. The number of carbonyl (C=O) groups is 1. The van der Waals surface area contributed by atoms with Crippen LogP contribution in [0.25, 0.3) is 0 Å². The molecule has 0 aliphatic rings. The molecule has 0 fully saturated rings. The van der Waals surface area contributed by atoms with Gasteiger partial charge in [-0.1, -0.05) is 6.07 Å². The van der Waals surface area contributed by atoms with E-state index in [9.17, 15) is 17.6 Å². The number of rotatable bonds is 4. The standard InChI is InChI=1S/C13H11FN2O4S/c1-20-13(17)9-5-7-10(8-6-9)21(18,19)16-12-4-2-3-11(14)15-12/h2-8H,1H3,(H,15,16). The van der Waals surface area contributed by atoms with Gasteiger partial charge < -0.3 is 4.74 Å². The minimum atomic E-state index is -3.91. The van der Waals surface area contributed by atoms with Crippen LogP contribution in [0.4, 0.5) is 10.2 Å². The average molecular weight is 310 g/mol. The van der Waals surface area contributed by atoms with Gasteiger partial charge in [0.2, 0.25) is 5.95 Å². The minimum Gasteiger partial charge on any atom is -0.465 e. The molecule has 0 radical (unpaired) electrons. The van der Waals surface area contributed by atoms with Gasteiger partial charge >= 0.3 is 5.97 Å². The van der Waals surface area contributed by atoms with Crippen LogP contribution in [0, 0.1) is 5.95 Å². The Balaban J connectivity index is 2.25. The molecule has 0 saturated carbocycles. The molecule has 0 unspecified atom stereocenters. The maximum atomic E-state index is 12.9. The molecule has 1 aromatic carbocycles. The van der Waals surface area contributed by atoms with Crippen LogP contribution in [0.5, 0.6) is 0 Å². The van der Waals surface area contributed by atoms with Crippen LogP contribution in [0.2, 0.25) is 0 Å². The maximum absolute atomic E-state index is 12.9. The Hall–Kier alpha value is -2.48. The van der Waals surface area contributed by atoms with E-state index in [1.54, 1.807) is 0 Å². The van der Waals surface area contributed by atoms with Gasteiger partial charge in [-0.3, -0.25) is 4.72 Å². The minimum absolute atomic E-state index is 0.0822. The van der Waals surface area contributed by atoms with Crippen molar-refractivity contribution in [3.8, 4) is 0 Å². The highest BCUT2D eigenvalue weighted by molar-refractivity contribution is 7.92. The number of hydrogen-bond acceptors (Lipinski definition) is 5. The third kappa shape index (κ3) is 3.54. The quantitative estimate of drug-likeness (QED) is 0.687. The van der Waals surface area contributed by atoms with Crippen molar-refractivity contribution in [1.29, 1.82) is 0 Å². The predicted octanol–water partition coefficient (Wildman–Crippen LogP) is 1.81. The molecule has 0 bridgehead atoms. The van der Waals surface area contributed by atoms with Crippen molar-refractivity contribution < 1.29 is 22.3 Å². The van der Waals surface area contributed by atoms with Crippen LogP contribution in [-0.2, 0) is 14.8 Å². The first-order chi connectivity index (χ1) is 9.92. The van der Waals surface area contributed by atoms with Crippen molar-refractivity contribution in [2.75, 3.05) is 11.8 Å². The monoisotopic (exact) mass is 310 g/mol. The summed E-state index contributed by atoms with van der Waals surface area (Å²) in [6.45, 7) is 0. The summed E-state index contributed by atoms with van der Waals surface area (Å²) in [6.07, 6.45) is 0. The number of esters is 1. The Bertz CT molecular complexity index is 760. The van der Waals surface area contributed by atoms with Crippen LogP contribution < -0.4 is 4.72 Å². The van der Waals surface area contributed by atoms with Crippen LogP contribution in [0.1, 0.15) is 10.4 Å². The number of nitrogens with zero attached hydrogens (tertiary/aromatic N) is 1. The van der Waals surface area contributed by atoms with Gasteiger partial charge in [-0.25, -0.2) is 18.2 Å². The SMILES string of the molecule is COC(=O)c1ccc(S(=O)(=O)Nc2cccc(F)n2)cc1. The molecule has 6 nitrogen and oxygen atoms in total. The molecular formula is C13H11FN2O4S. The first-order valence-electron chi connectivity index (χ1n) is 5.76.